The number of nitrogens with zero attached hydrogens (tertiary/aromatic N) is 3. The predicted octanol–water partition coefficient (Wildman–Crippen LogP) is 3.78. The summed E-state index contributed by atoms with van der Waals surface area (Å²) >= 11 is 12.3. The van der Waals surface area contributed by atoms with Crippen molar-refractivity contribution in [1.82, 2.24) is 14.9 Å². The fourth-order valence-electron chi connectivity index (χ4n) is 2.88. The molecule has 3 aromatic rings. The third-order valence-electron chi connectivity index (χ3n) is 4.12. The lowest BCUT2D eigenvalue weighted by molar-refractivity contribution is 0.0656. The smallest absolute Gasteiger partial charge is 0.261 e. The van der Waals surface area contributed by atoms with Crippen LogP contribution in [-0.4, -0.2) is 33.2 Å². The Kier molecular flexibility index (Phi) is 3.90. The number of halogens is 2. The summed E-state index contributed by atoms with van der Waals surface area (Å²) < 4.78 is 0. The second-order valence-corrected chi connectivity index (χ2v) is 6.39. The van der Waals surface area contributed by atoms with Crippen LogP contribution in [0.5, 0.6) is 0 Å². The maximum Gasteiger partial charge on any atom is 0.261 e. The van der Waals surface area contributed by atoms with Crippen molar-refractivity contribution in [2.75, 3.05) is 6.54 Å². The largest absolute Gasteiger partial charge is 0.274 e. The fraction of sp³-hybridized carbons (Fsp3) is 0.111. The Bertz CT molecular complexity index is 1000. The zero-order valence-electron chi connectivity index (χ0n) is 12.9. The number of para-hydroxylation sites is 1. The van der Waals surface area contributed by atoms with E-state index in [1.807, 2.05) is 0 Å². The number of hydrogen-bond donors (Lipinski definition) is 0. The van der Waals surface area contributed by atoms with Crippen LogP contribution in [0.1, 0.15) is 26.4 Å². The van der Waals surface area contributed by atoms with Crippen LogP contribution in [0.3, 0.4) is 0 Å². The number of carbonyl (C=O) groups excluding carboxylic acids is 2. The highest BCUT2D eigenvalue weighted by molar-refractivity contribution is 6.35. The van der Waals surface area contributed by atoms with Gasteiger partial charge in [-0.15, -0.1) is 0 Å². The summed E-state index contributed by atoms with van der Waals surface area (Å²) in [4.78, 5) is 34.7. The molecule has 0 radical (unpaired) electrons. The van der Waals surface area contributed by atoms with Gasteiger partial charge in [0.2, 0.25) is 0 Å². The molecule has 7 heteroatoms. The summed E-state index contributed by atoms with van der Waals surface area (Å²) in [6.45, 7) is 0.187. The number of carbonyl (C=O) groups is 2. The first-order chi connectivity index (χ1) is 12.1. The number of hydrogen-bond acceptors (Lipinski definition) is 4. The molecule has 0 saturated heterocycles. The molecule has 25 heavy (non-hydrogen) atoms. The molecule has 2 aromatic carbocycles. The van der Waals surface area contributed by atoms with Crippen LogP contribution in [0.4, 0.5) is 0 Å². The maximum atomic E-state index is 12.4. The zero-order chi connectivity index (χ0) is 17.6. The minimum absolute atomic E-state index is 0.187. The first-order valence-electron chi connectivity index (χ1n) is 7.62. The summed E-state index contributed by atoms with van der Waals surface area (Å²) in [6, 6.07) is 12.1. The number of aromatic nitrogens is 2. The number of rotatable bonds is 3. The Morgan fingerprint density at radius 2 is 1.56 bits per heavy atom. The normalized spacial score (nSPS) is 13.6. The van der Waals surface area contributed by atoms with Gasteiger partial charge in [0.05, 0.1) is 27.4 Å². The van der Waals surface area contributed by atoms with Gasteiger partial charge in [-0.3, -0.25) is 14.5 Å². The summed E-state index contributed by atoms with van der Waals surface area (Å²) in [7, 11) is 0. The second kappa shape index (κ2) is 6.10. The van der Waals surface area contributed by atoms with Crippen LogP contribution in [0.15, 0.2) is 42.5 Å². The highest BCUT2D eigenvalue weighted by Crippen LogP contribution is 2.25. The van der Waals surface area contributed by atoms with E-state index < -0.39 is 0 Å². The highest BCUT2D eigenvalue weighted by atomic mass is 35.5. The monoisotopic (exact) mass is 371 g/mol. The van der Waals surface area contributed by atoms with E-state index in [9.17, 15) is 9.59 Å². The van der Waals surface area contributed by atoms with Crippen LogP contribution < -0.4 is 0 Å². The van der Waals surface area contributed by atoms with Crippen LogP contribution in [-0.2, 0) is 6.42 Å². The maximum absolute atomic E-state index is 12.4. The van der Waals surface area contributed by atoms with E-state index in [1.54, 1.807) is 42.5 Å². The average molecular weight is 372 g/mol. The van der Waals surface area contributed by atoms with Crippen molar-refractivity contribution >= 4 is 46.0 Å². The van der Waals surface area contributed by atoms with E-state index in [0.29, 0.717) is 39.3 Å². The highest BCUT2D eigenvalue weighted by Gasteiger charge is 2.34. The number of benzene rings is 2. The molecule has 2 amide bonds. The molecule has 2 heterocycles. The van der Waals surface area contributed by atoms with Crippen molar-refractivity contribution in [3.05, 3.63) is 69.5 Å². The minimum atomic E-state index is -0.298. The van der Waals surface area contributed by atoms with Crippen LogP contribution >= 0.6 is 23.2 Å². The molecule has 124 valence electrons. The molecule has 0 fully saturated rings. The van der Waals surface area contributed by atoms with Gasteiger partial charge in [0.15, 0.2) is 5.15 Å². The zero-order valence-corrected chi connectivity index (χ0v) is 14.4. The molecule has 0 atom stereocenters. The fourth-order valence-corrected chi connectivity index (χ4v) is 3.31. The van der Waals surface area contributed by atoms with E-state index in [1.165, 1.54) is 4.90 Å². The minimum Gasteiger partial charge on any atom is -0.274 e. The predicted molar refractivity (Wildman–Crippen MR) is 95.1 cm³/mol. The first kappa shape index (κ1) is 16.0. The average Bonchev–Trinajstić information content (AvgIpc) is 2.86. The summed E-state index contributed by atoms with van der Waals surface area (Å²) in [5.74, 6) is -0.595. The molecule has 1 aliphatic heterocycles. The van der Waals surface area contributed by atoms with Crippen molar-refractivity contribution in [2.45, 2.75) is 6.42 Å². The van der Waals surface area contributed by atoms with Crippen LogP contribution in [0.2, 0.25) is 10.2 Å². The van der Waals surface area contributed by atoms with Crippen LogP contribution in [0.25, 0.3) is 11.0 Å². The summed E-state index contributed by atoms with van der Waals surface area (Å²) in [5, 5.41) is 0.691. The van der Waals surface area contributed by atoms with E-state index in [-0.39, 0.29) is 23.5 Å². The third kappa shape index (κ3) is 2.65. The molecule has 0 unspecified atom stereocenters. The van der Waals surface area contributed by atoms with Gasteiger partial charge in [-0.2, -0.15) is 0 Å². The molecule has 0 bridgehead atoms. The Hall–Kier alpha value is -2.50. The van der Waals surface area contributed by atoms with Gasteiger partial charge in [0, 0.05) is 13.0 Å². The topological polar surface area (TPSA) is 63.2 Å². The van der Waals surface area contributed by atoms with Gasteiger partial charge >= 0.3 is 0 Å². The van der Waals surface area contributed by atoms with Crippen molar-refractivity contribution in [3.8, 4) is 0 Å². The SMILES string of the molecule is O=C1c2ccccc2C(=O)N1CCc1nc2cccc(Cl)c2nc1Cl. The summed E-state index contributed by atoms with van der Waals surface area (Å²) in [6.07, 6.45) is 0.319. The molecule has 1 aliphatic rings. The quantitative estimate of drug-likeness (QED) is 0.657. The van der Waals surface area contributed by atoms with E-state index >= 15 is 0 Å². The Morgan fingerprint density at radius 1 is 0.880 bits per heavy atom. The van der Waals surface area contributed by atoms with Crippen molar-refractivity contribution in [2.24, 2.45) is 0 Å². The Labute approximate surface area is 153 Å². The van der Waals surface area contributed by atoms with E-state index in [2.05, 4.69) is 9.97 Å². The van der Waals surface area contributed by atoms with Gasteiger partial charge in [0.25, 0.3) is 11.8 Å². The van der Waals surface area contributed by atoms with E-state index in [4.69, 9.17) is 23.2 Å². The number of imide groups is 1. The standard InChI is InChI=1S/C18H11Cl2N3O2/c19-12-6-3-7-13-15(12)22-16(20)14(21-13)8-9-23-17(24)10-4-1-2-5-11(10)18(23)25/h1-7H,8-9H2. The van der Waals surface area contributed by atoms with Crippen LogP contribution in [0, 0.1) is 0 Å². The van der Waals surface area contributed by atoms with Gasteiger partial charge in [-0.25, -0.2) is 9.97 Å². The van der Waals surface area contributed by atoms with Crippen molar-refractivity contribution in [1.29, 1.82) is 0 Å². The lowest BCUT2D eigenvalue weighted by Crippen LogP contribution is -2.32. The number of fused-ring (bicyclic) bond motifs is 2. The molecule has 0 N–H and O–H groups in total. The second-order valence-electron chi connectivity index (χ2n) is 5.63. The van der Waals surface area contributed by atoms with Gasteiger partial charge < -0.3 is 0 Å². The molecular weight excluding hydrogens is 361 g/mol. The molecule has 1 aromatic heterocycles. The molecule has 0 spiro atoms. The molecule has 0 saturated carbocycles. The molecule has 5 nitrogen and oxygen atoms in total. The lowest BCUT2D eigenvalue weighted by atomic mass is 10.1. The summed E-state index contributed by atoms with van der Waals surface area (Å²) in [5.41, 5.74) is 2.52. The third-order valence-corrected chi connectivity index (χ3v) is 4.73. The lowest BCUT2D eigenvalue weighted by Gasteiger charge is -2.14. The van der Waals surface area contributed by atoms with Crippen molar-refractivity contribution in [3.63, 3.8) is 0 Å². The Morgan fingerprint density at radius 3 is 2.24 bits per heavy atom. The molecule has 4 rings (SSSR count). The molecular formula is C18H11Cl2N3O2. The van der Waals surface area contributed by atoms with Crippen molar-refractivity contribution < 1.29 is 9.59 Å². The first-order valence-corrected chi connectivity index (χ1v) is 8.37. The van der Waals surface area contributed by atoms with Gasteiger partial charge in [-0.05, 0) is 24.3 Å². The van der Waals surface area contributed by atoms with E-state index in [0.717, 1.165) is 0 Å². The van der Waals surface area contributed by atoms with Gasteiger partial charge in [0.1, 0.15) is 5.52 Å². The molecule has 0 aliphatic carbocycles. The number of amides is 2. The van der Waals surface area contributed by atoms with Gasteiger partial charge in [-0.1, -0.05) is 41.4 Å². The Balaban J connectivity index is 1.60.